The van der Waals surface area contributed by atoms with Crippen LogP contribution >= 0.6 is 10.6 Å². The second-order valence-corrected chi connectivity index (χ2v) is 12.2. The van der Waals surface area contributed by atoms with Crippen LogP contribution in [0.25, 0.3) is 0 Å². The highest BCUT2D eigenvalue weighted by Crippen LogP contribution is 2.62. The summed E-state index contributed by atoms with van der Waals surface area (Å²) in [5, 5.41) is 7.54. The number of carbonyl (C=O) groups excluding carboxylic acids is 4. The number of nitrogens with one attached hydrogen (secondary N) is 3. The van der Waals surface area contributed by atoms with Crippen molar-refractivity contribution in [2.45, 2.75) is 42.8 Å². The SMILES string of the molecule is CNC(=O)Nc1ccc2c(c1)S(O)(O)CC21NC(=O)N(CC(=O)N(Cc2ccc(F)cc2)[C@@H](C)C2CC2)C1=O. The molecule has 13 heteroatoms. The highest BCUT2D eigenvalue weighted by molar-refractivity contribution is 8.24. The molecule has 0 aromatic heterocycles. The van der Waals surface area contributed by atoms with Crippen molar-refractivity contribution >= 4 is 40.2 Å². The molecule has 2 aromatic rings. The summed E-state index contributed by atoms with van der Waals surface area (Å²) >= 11 is 0. The molecule has 1 unspecified atom stereocenters. The van der Waals surface area contributed by atoms with Crippen molar-refractivity contribution in [3.63, 3.8) is 0 Å². The van der Waals surface area contributed by atoms with Gasteiger partial charge in [-0.15, -0.1) is 0 Å². The van der Waals surface area contributed by atoms with Gasteiger partial charge in [0.1, 0.15) is 12.4 Å². The number of carbonyl (C=O) groups is 4. The van der Waals surface area contributed by atoms with Crippen molar-refractivity contribution in [3.05, 3.63) is 59.4 Å². The summed E-state index contributed by atoms with van der Waals surface area (Å²) in [6.07, 6.45) is 1.93. The topological polar surface area (TPSA) is 151 Å². The molecule has 1 spiro atoms. The van der Waals surface area contributed by atoms with E-state index in [2.05, 4.69) is 16.0 Å². The third-order valence-electron chi connectivity index (χ3n) is 7.55. The van der Waals surface area contributed by atoms with E-state index >= 15 is 0 Å². The van der Waals surface area contributed by atoms with Crippen molar-refractivity contribution in [2.24, 2.45) is 5.92 Å². The van der Waals surface area contributed by atoms with Crippen LogP contribution in [-0.2, 0) is 21.7 Å². The van der Waals surface area contributed by atoms with Crippen molar-refractivity contribution < 1.29 is 32.7 Å². The number of benzene rings is 2. The van der Waals surface area contributed by atoms with Gasteiger partial charge in [0.2, 0.25) is 5.91 Å². The molecule has 1 saturated carbocycles. The Balaban J connectivity index is 1.39. The van der Waals surface area contributed by atoms with Gasteiger partial charge in [0.05, 0.1) is 10.6 Å². The van der Waals surface area contributed by atoms with Gasteiger partial charge in [-0.05, 0) is 55.5 Å². The fourth-order valence-electron chi connectivity index (χ4n) is 5.23. The van der Waals surface area contributed by atoms with E-state index in [1.807, 2.05) is 6.92 Å². The average Bonchev–Trinajstić information content (AvgIpc) is 3.68. The highest BCUT2D eigenvalue weighted by atomic mass is 32.3. The summed E-state index contributed by atoms with van der Waals surface area (Å²) in [5.41, 5.74) is -0.556. The minimum atomic E-state index is -3.51. The second-order valence-electron chi connectivity index (χ2n) is 10.2. The van der Waals surface area contributed by atoms with Crippen LogP contribution in [0.15, 0.2) is 47.4 Å². The van der Waals surface area contributed by atoms with Gasteiger partial charge in [-0.1, -0.05) is 18.2 Å². The Bertz CT molecular complexity index is 1350. The van der Waals surface area contributed by atoms with Crippen LogP contribution in [0.2, 0.25) is 0 Å². The Morgan fingerprint density at radius 3 is 2.54 bits per heavy atom. The Labute approximate surface area is 226 Å². The molecule has 2 aliphatic heterocycles. The van der Waals surface area contributed by atoms with Crippen LogP contribution in [0, 0.1) is 11.7 Å². The summed E-state index contributed by atoms with van der Waals surface area (Å²) in [6.45, 7) is 1.57. The molecule has 0 radical (unpaired) electrons. The zero-order valence-electron chi connectivity index (χ0n) is 21.4. The molecule has 39 heavy (non-hydrogen) atoms. The van der Waals surface area contributed by atoms with Gasteiger partial charge in [-0.3, -0.25) is 23.6 Å². The van der Waals surface area contributed by atoms with E-state index in [0.717, 1.165) is 17.7 Å². The molecule has 6 amide bonds. The van der Waals surface area contributed by atoms with E-state index in [1.54, 1.807) is 17.0 Å². The quantitative estimate of drug-likeness (QED) is 0.329. The highest BCUT2D eigenvalue weighted by Gasteiger charge is 2.60. The van der Waals surface area contributed by atoms with E-state index in [1.165, 1.54) is 37.4 Å². The largest absolute Gasteiger partial charge is 0.341 e. The van der Waals surface area contributed by atoms with Gasteiger partial charge in [0.15, 0.2) is 5.54 Å². The smallest absolute Gasteiger partial charge is 0.325 e. The van der Waals surface area contributed by atoms with Gasteiger partial charge in [-0.2, -0.15) is 10.6 Å². The molecule has 1 aliphatic carbocycles. The molecule has 2 atom stereocenters. The molecule has 3 aliphatic rings. The lowest BCUT2D eigenvalue weighted by Gasteiger charge is -2.31. The van der Waals surface area contributed by atoms with Crippen molar-refractivity contribution in [1.82, 2.24) is 20.4 Å². The summed E-state index contributed by atoms with van der Waals surface area (Å²) in [6, 6.07) is 8.64. The molecule has 208 valence electrons. The Kier molecular flexibility index (Phi) is 6.77. The van der Waals surface area contributed by atoms with Gasteiger partial charge >= 0.3 is 12.1 Å². The summed E-state index contributed by atoms with van der Waals surface area (Å²) < 4.78 is 35.1. The number of hydrogen-bond donors (Lipinski definition) is 5. The number of imide groups is 1. The van der Waals surface area contributed by atoms with Crippen molar-refractivity contribution in [2.75, 3.05) is 24.7 Å². The van der Waals surface area contributed by atoms with E-state index in [4.69, 9.17) is 0 Å². The number of amides is 6. The zero-order chi connectivity index (χ0) is 28.1. The number of nitrogens with zero attached hydrogens (tertiary/aromatic N) is 2. The normalized spacial score (nSPS) is 22.7. The van der Waals surface area contributed by atoms with Gasteiger partial charge in [0.25, 0.3) is 5.91 Å². The molecule has 1 saturated heterocycles. The minimum absolute atomic E-state index is 0.0403. The number of anilines is 1. The summed E-state index contributed by atoms with van der Waals surface area (Å²) in [4.78, 5) is 54.4. The molecule has 5 N–H and O–H groups in total. The van der Waals surface area contributed by atoms with Crippen LogP contribution in [0.3, 0.4) is 0 Å². The maximum Gasteiger partial charge on any atom is 0.325 e. The fourth-order valence-corrected chi connectivity index (χ4v) is 7.25. The van der Waals surface area contributed by atoms with Crippen LogP contribution in [-0.4, -0.2) is 68.2 Å². The minimum Gasteiger partial charge on any atom is -0.341 e. The van der Waals surface area contributed by atoms with Crippen LogP contribution < -0.4 is 16.0 Å². The standard InChI is InChI=1S/C26H30FN5O6S/c1-15(17-5-6-17)31(12-16-3-7-18(27)8-4-16)22(33)13-32-23(34)26(30-25(32)36)14-39(37,38)21-11-19(9-10-20(21)26)29-24(35)28-2/h3-4,7-11,15,17,37-38H,5-6,12-14H2,1-2H3,(H,30,36)(H2,28,29,35)/t15-,26?/m0/s1. The molecule has 0 bridgehead atoms. The van der Waals surface area contributed by atoms with Gasteiger partial charge < -0.3 is 20.9 Å². The number of halogens is 1. The monoisotopic (exact) mass is 559 g/mol. The molecular weight excluding hydrogens is 529 g/mol. The van der Waals surface area contributed by atoms with Crippen molar-refractivity contribution in [3.8, 4) is 0 Å². The van der Waals surface area contributed by atoms with E-state index in [9.17, 15) is 32.7 Å². The first-order valence-electron chi connectivity index (χ1n) is 12.5. The molecule has 2 aromatic carbocycles. The summed E-state index contributed by atoms with van der Waals surface area (Å²) in [5.74, 6) is -1.78. The van der Waals surface area contributed by atoms with Gasteiger partial charge in [0, 0.05) is 30.9 Å². The number of urea groups is 2. The van der Waals surface area contributed by atoms with E-state index < -0.39 is 58.1 Å². The Morgan fingerprint density at radius 2 is 1.90 bits per heavy atom. The predicted octanol–water partition coefficient (Wildman–Crippen LogP) is 3.27. The Morgan fingerprint density at radius 1 is 1.21 bits per heavy atom. The third kappa shape index (κ3) is 4.92. The first-order valence-corrected chi connectivity index (χ1v) is 14.2. The third-order valence-corrected chi connectivity index (χ3v) is 9.43. The molecule has 2 heterocycles. The molecule has 11 nitrogen and oxygen atoms in total. The van der Waals surface area contributed by atoms with Crippen LogP contribution in [0.1, 0.15) is 30.9 Å². The zero-order valence-corrected chi connectivity index (χ0v) is 22.3. The molecule has 5 rings (SSSR count). The maximum atomic E-state index is 13.7. The number of rotatable bonds is 7. The van der Waals surface area contributed by atoms with E-state index in [-0.39, 0.29) is 28.7 Å². The fraction of sp³-hybridized carbons (Fsp3) is 0.385. The lowest BCUT2D eigenvalue weighted by atomic mass is 9.92. The lowest BCUT2D eigenvalue weighted by molar-refractivity contribution is -0.140. The number of hydrogen-bond acceptors (Lipinski definition) is 6. The Hall–Kier alpha value is -3.68. The molecular formula is C26H30FN5O6S. The number of fused-ring (bicyclic) bond motifs is 2. The lowest BCUT2D eigenvalue weighted by Crippen LogP contribution is -2.48. The second kappa shape index (κ2) is 9.81. The van der Waals surface area contributed by atoms with Crippen LogP contribution in [0.5, 0.6) is 0 Å². The van der Waals surface area contributed by atoms with Gasteiger partial charge in [-0.25, -0.2) is 14.0 Å². The van der Waals surface area contributed by atoms with Crippen LogP contribution in [0.4, 0.5) is 19.7 Å². The maximum absolute atomic E-state index is 13.7. The molecule has 2 fully saturated rings. The summed E-state index contributed by atoms with van der Waals surface area (Å²) in [7, 11) is -2.08. The first-order chi connectivity index (χ1) is 18.4. The van der Waals surface area contributed by atoms with E-state index in [0.29, 0.717) is 11.5 Å². The predicted molar refractivity (Wildman–Crippen MR) is 142 cm³/mol. The van der Waals surface area contributed by atoms with Crippen molar-refractivity contribution in [1.29, 1.82) is 0 Å². The average molecular weight is 560 g/mol. The first kappa shape index (κ1) is 26.9.